The molecule has 0 aromatic heterocycles. The molecule has 5 rings (SSSR count). The molecule has 8 heteroatoms. The number of amides is 2. The van der Waals surface area contributed by atoms with Gasteiger partial charge in [0.1, 0.15) is 5.75 Å². The summed E-state index contributed by atoms with van der Waals surface area (Å²) in [4.78, 5) is 28.0. The Hall–Kier alpha value is -4.20. The summed E-state index contributed by atoms with van der Waals surface area (Å²) in [6.45, 7) is 2.63. The minimum absolute atomic E-state index is 0.0861. The van der Waals surface area contributed by atoms with Crippen LogP contribution in [0.1, 0.15) is 38.3 Å². The minimum Gasteiger partial charge on any atom is -0.506 e. The van der Waals surface area contributed by atoms with Gasteiger partial charge in [0, 0.05) is 42.4 Å². The molecular weight excluding hydrogens is 500 g/mol. The van der Waals surface area contributed by atoms with Gasteiger partial charge < -0.3 is 10.4 Å². The number of hydrogen-bond acceptors (Lipinski definition) is 5. The predicted molar refractivity (Wildman–Crippen MR) is 150 cm³/mol. The molecule has 0 bridgehead atoms. The second-order valence-corrected chi connectivity index (χ2v) is 9.70. The van der Waals surface area contributed by atoms with Crippen LogP contribution in [0.2, 0.25) is 5.02 Å². The highest BCUT2D eigenvalue weighted by molar-refractivity contribution is 6.32. The molecule has 38 heavy (non-hydrogen) atoms. The van der Waals surface area contributed by atoms with Gasteiger partial charge in [-0.25, -0.2) is 5.43 Å². The molecule has 192 valence electrons. The number of hydrogen-bond donors (Lipinski definition) is 3. The van der Waals surface area contributed by atoms with Crippen LogP contribution in [0, 0.1) is 0 Å². The van der Waals surface area contributed by atoms with Crippen molar-refractivity contribution in [1.82, 2.24) is 15.6 Å². The van der Waals surface area contributed by atoms with E-state index in [1.165, 1.54) is 23.8 Å². The maximum absolute atomic E-state index is 13.3. The molecule has 1 atom stereocenters. The first-order valence-electron chi connectivity index (χ1n) is 12.4. The number of phenols is 1. The minimum atomic E-state index is -0.457. The molecule has 1 fully saturated rings. The number of phenolic OH excluding ortho intramolecular Hbond substituents is 1. The fourth-order valence-electron chi connectivity index (χ4n) is 4.70. The monoisotopic (exact) mass is 526 g/mol. The first-order valence-corrected chi connectivity index (χ1v) is 12.8. The molecule has 0 saturated carbocycles. The van der Waals surface area contributed by atoms with Crippen molar-refractivity contribution in [3.63, 3.8) is 0 Å². The van der Waals surface area contributed by atoms with Gasteiger partial charge in [-0.3, -0.25) is 14.5 Å². The van der Waals surface area contributed by atoms with Crippen molar-refractivity contribution >= 4 is 40.4 Å². The lowest BCUT2D eigenvalue weighted by atomic mass is 9.99. The van der Waals surface area contributed by atoms with Gasteiger partial charge in [0.05, 0.1) is 11.2 Å². The number of rotatable bonds is 7. The van der Waals surface area contributed by atoms with Crippen LogP contribution < -0.4 is 10.7 Å². The zero-order chi connectivity index (χ0) is 26.5. The number of carbonyl (C=O) groups is 2. The van der Waals surface area contributed by atoms with Gasteiger partial charge in [-0.2, -0.15) is 5.10 Å². The Morgan fingerprint density at radius 1 is 0.974 bits per heavy atom. The third-order valence-corrected chi connectivity index (χ3v) is 6.94. The second kappa shape index (κ2) is 11.5. The van der Waals surface area contributed by atoms with Crippen LogP contribution in [-0.2, 0) is 6.54 Å². The Bertz CT molecular complexity index is 1510. The van der Waals surface area contributed by atoms with E-state index in [1.807, 2.05) is 48.5 Å². The molecule has 1 aliphatic rings. The average molecular weight is 527 g/mol. The van der Waals surface area contributed by atoms with Crippen molar-refractivity contribution < 1.29 is 14.7 Å². The number of hydrazone groups is 1. The zero-order valence-corrected chi connectivity index (χ0v) is 21.4. The molecule has 0 aliphatic carbocycles. The normalized spacial score (nSPS) is 15.7. The number of likely N-dealkylation sites (tertiary alicyclic amines) is 1. The van der Waals surface area contributed by atoms with E-state index in [2.05, 4.69) is 32.9 Å². The number of carbonyl (C=O) groups excluding carboxylic acids is 2. The van der Waals surface area contributed by atoms with Gasteiger partial charge >= 0.3 is 0 Å². The third kappa shape index (κ3) is 5.85. The van der Waals surface area contributed by atoms with Crippen LogP contribution in [0.4, 0.5) is 0 Å². The van der Waals surface area contributed by atoms with Crippen LogP contribution >= 0.6 is 11.6 Å². The fourth-order valence-corrected chi connectivity index (χ4v) is 4.89. The number of fused-ring (bicyclic) bond motifs is 1. The zero-order valence-electron chi connectivity index (χ0n) is 20.6. The van der Waals surface area contributed by atoms with Crippen molar-refractivity contribution in [1.29, 1.82) is 0 Å². The Kier molecular flexibility index (Phi) is 7.67. The molecule has 2 amide bonds. The summed E-state index contributed by atoms with van der Waals surface area (Å²) in [5, 5.41) is 18.6. The van der Waals surface area contributed by atoms with E-state index in [-0.39, 0.29) is 28.3 Å². The van der Waals surface area contributed by atoms with Crippen LogP contribution in [0.3, 0.4) is 0 Å². The van der Waals surface area contributed by atoms with Gasteiger partial charge in [-0.15, -0.1) is 0 Å². The number of nitrogens with one attached hydrogen (secondary N) is 2. The highest BCUT2D eigenvalue weighted by Gasteiger charge is 2.25. The molecule has 4 aromatic rings. The average Bonchev–Trinajstić information content (AvgIpc) is 3.37. The van der Waals surface area contributed by atoms with E-state index in [9.17, 15) is 14.7 Å². The van der Waals surface area contributed by atoms with E-state index in [0.29, 0.717) is 5.56 Å². The Morgan fingerprint density at radius 3 is 2.53 bits per heavy atom. The van der Waals surface area contributed by atoms with Crippen LogP contribution in [0.5, 0.6) is 5.75 Å². The summed E-state index contributed by atoms with van der Waals surface area (Å²) < 4.78 is 0. The third-order valence-electron chi connectivity index (χ3n) is 6.64. The summed E-state index contributed by atoms with van der Waals surface area (Å²) in [6, 6.07) is 25.9. The lowest BCUT2D eigenvalue weighted by molar-refractivity contribution is 0.0936. The topological polar surface area (TPSA) is 94.0 Å². The van der Waals surface area contributed by atoms with Crippen molar-refractivity contribution in [2.45, 2.75) is 19.0 Å². The summed E-state index contributed by atoms with van der Waals surface area (Å²) in [7, 11) is 0. The first-order chi connectivity index (χ1) is 18.5. The maximum Gasteiger partial charge on any atom is 0.271 e. The van der Waals surface area contributed by atoms with Crippen molar-refractivity contribution in [2.24, 2.45) is 5.10 Å². The highest BCUT2D eigenvalue weighted by atomic mass is 35.5. The second-order valence-electron chi connectivity index (χ2n) is 9.29. The number of nitrogens with zero attached hydrogens (tertiary/aromatic N) is 2. The van der Waals surface area contributed by atoms with Crippen LogP contribution in [-0.4, -0.2) is 47.2 Å². The largest absolute Gasteiger partial charge is 0.506 e. The molecule has 0 radical (unpaired) electrons. The maximum atomic E-state index is 13.3. The first kappa shape index (κ1) is 25.4. The van der Waals surface area contributed by atoms with Crippen molar-refractivity contribution in [2.75, 3.05) is 13.1 Å². The molecular formula is C30H27ClN4O3. The number of halogens is 1. The fraction of sp³-hybridized carbons (Fsp3) is 0.167. The molecule has 4 aromatic carbocycles. The van der Waals surface area contributed by atoms with E-state index >= 15 is 0 Å². The lowest BCUT2D eigenvalue weighted by Crippen LogP contribution is -2.37. The SMILES string of the molecule is O=C(N/N=C/c1ccc(C(=O)NC2CCN(Cc3ccccc3)C2)c2ccccc12)c1ccc(O)c(Cl)c1. The standard InChI is InChI=1S/C30H27ClN4O3/c31-27-16-21(11-13-28(27)36)29(37)34-32-17-22-10-12-26(25-9-5-4-8-24(22)25)30(38)33-23-14-15-35(19-23)18-20-6-2-1-3-7-20/h1-13,16-17,23,36H,14-15,18-19H2,(H,33,38)(H,34,37)/b32-17+. The lowest BCUT2D eigenvalue weighted by Gasteiger charge is -2.17. The molecule has 7 nitrogen and oxygen atoms in total. The van der Waals surface area contributed by atoms with E-state index in [1.54, 1.807) is 12.3 Å². The highest BCUT2D eigenvalue weighted by Crippen LogP contribution is 2.24. The van der Waals surface area contributed by atoms with E-state index in [4.69, 9.17) is 11.6 Å². The van der Waals surface area contributed by atoms with E-state index < -0.39 is 5.91 Å². The Balaban J connectivity index is 1.26. The Labute approximate surface area is 225 Å². The van der Waals surface area contributed by atoms with Gasteiger partial charge in [0.15, 0.2) is 0 Å². The van der Waals surface area contributed by atoms with E-state index in [0.717, 1.165) is 42.4 Å². The number of aromatic hydroxyl groups is 1. The smallest absolute Gasteiger partial charge is 0.271 e. The number of benzene rings is 4. The molecule has 1 heterocycles. The summed E-state index contributed by atoms with van der Waals surface area (Å²) in [5.74, 6) is -0.658. The van der Waals surface area contributed by atoms with Gasteiger partial charge in [-0.05, 0) is 47.0 Å². The van der Waals surface area contributed by atoms with Gasteiger partial charge in [0.25, 0.3) is 11.8 Å². The molecule has 3 N–H and O–H groups in total. The van der Waals surface area contributed by atoms with Gasteiger partial charge in [-0.1, -0.05) is 72.3 Å². The quantitative estimate of drug-likeness (QED) is 0.234. The summed E-state index contributed by atoms with van der Waals surface area (Å²) in [5.41, 5.74) is 5.37. The molecule has 0 spiro atoms. The summed E-state index contributed by atoms with van der Waals surface area (Å²) >= 11 is 5.88. The Morgan fingerprint density at radius 2 is 1.74 bits per heavy atom. The van der Waals surface area contributed by atoms with Crippen LogP contribution in [0.15, 0.2) is 90.0 Å². The predicted octanol–water partition coefficient (Wildman–Crippen LogP) is 4.97. The summed E-state index contributed by atoms with van der Waals surface area (Å²) in [6.07, 6.45) is 2.45. The van der Waals surface area contributed by atoms with Crippen molar-refractivity contribution in [3.05, 3.63) is 112 Å². The molecule has 1 saturated heterocycles. The van der Waals surface area contributed by atoms with Gasteiger partial charge in [0.2, 0.25) is 0 Å². The van der Waals surface area contributed by atoms with Crippen LogP contribution in [0.25, 0.3) is 10.8 Å². The molecule has 1 unspecified atom stereocenters. The van der Waals surface area contributed by atoms with Crippen molar-refractivity contribution in [3.8, 4) is 5.75 Å². The molecule has 1 aliphatic heterocycles.